The van der Waals surface area contributed by atoms with E-state index >= 15 is 0 Å². The molecule has 94 valence electrons. The molecule has 0 aliphatic carbocycles. The second kappa shape index (κ2) is 5.35. The minimum absolute atomic E-state index is 0.309. The van der Waals surface area contributed by atoms with Gasteiger partial charge in [0.2, 0.25) is 0 Å². The van der Waals surface area contributed by atoms with Gasteiger partial charge in [-0.1, -0.05) is 12.1 Å². The lowest BCUT2D eigenvalue weighted by Gasteiger charge is -2.05. The van der Waals surface area contributed by atoms with Crippen LogP contribution in [0.4, 0.5) is 0 Å². The first-order valence-corrected chi connectivity index (χ1v) is 5.42. The monoisotopic (exact) mass is 248 g/mol. The molecular weight excluding hydrogens is 236 g/mol. The Balaban J connectivity index is 2.10. The van der Waals surface area contributed by atoms with Crippen LogP contribution < -0.4 is 4.74 Å². The number of carbonyl (C=O) groups is 2. The topological polar surface area (TPSA) is 61.8 Å². The first-order valence-electron chi connectivity index (χ1n) is 5.42. The van der Waals surface area contributed by atoms with Crippen LogP contribution in [-0.4, -0.2) is 25.7 Å². The van der Waals surface area contributed by atoms with Crippen molar-refractivity contribution >= 4 is 11.9 Å². The van der Waals surface area contributed by atoms with E-state index in [0.717, 1.165) is 6.26 Å². The van der Waals surface area contributed by atoms with Crippen LogP contribution in [0.3, 0.4) is 0 Å². The van der Waals surface area contributed by atoms with Crippen molar-refractivity contribution in [3.05, 3.63) is 41.7 Å². The average molecular weight is 248 g/mol. The Morgan fingerprint density at radius 3 is 2.83 bits per heavy atom. The number of rotatable bonds is 3. The Morgan fingerprint density at radius 2 is 2.17 bits per heavy atom. The molecule has 1 saturated heterocycles. The standard InChI is InChI=1S/C13H12O5/c1-16-11-5-3-2-4-10(11)13(15)18-8-9-6-7-17-12(9)14/h2-5,8H,6-7H2,1H3/b9-8-. The Bertz CT molecular complexity index is 504. The molecule has 0 unspecified atom stereocenters. The summed E-state index contributed by atoms with van der Waals surface area (Å²) in [6.07, 6.45) is 1.60. The maximum Gasteiger partial charge on any atom is 0.346 e. The Hall–Kier alpha value is -2.30. The highest BCUT2D eigenvalue weighted by Gasteiger charge is 2.20. The molecule has 1 fully saturated rings. The number of para-hydroxylation sites is 1. The zero-order valence-corrected chi connectivity index (χ0v) is 9.84. The lowest BCUT2D eigenvalue weighted by atomic mass is 10.2. The van der Waals surface area contributed by atoms with Crippen LogP contribution in [0, 0.1) is 0 Å². The van der Waals surface area contributed by atoms with Gasteiger partial charge < -0.3 is 14.2 Å². The van der Waals surface area contributed by atoms with E-state index in [1.165, 1.54) is 7.11 Å². The summed E-state index contributed by atoms with van der Waals surface area (Å²) in [7, 11) is 1.47. The van der Waals surface area contributed by atoms with Gasteiger partial charge in [-0.2, -0.15) is 0 Å². The van der Waals surface area contributed by atoms with E-state index in [-0.39, 0.29) is 0 Å². The molecule has 1 aliphatic heterocycles. The molecule has 0 spiro atoms. The van der Waals surface area contributed by atoms with E-state index in [0.29, 0.717) is 29.9 Å². The maximum absolute atomic E-state index is 11.8. The number of carbonyl (C=O) groups excluding carboxylic acids is 2. The molecule has 1 aromatic rings. The molecule has 5 heteroatoms. The predicted octanol–water partition coefficient (Wildman–Crippen LogP) is 1.68. The van der Waals surface area contributed by atoms with Crippen LogP contribution in [0.15, 0.2) is 36.1 Å². The highest BCUT2D eigenvalue weighted by atomic mass is 16.5. The van der Waals surface area contributed by atoms with Crippen molar-refractivity contribution in [2.45, 2.75) is 6.42 Å². The van der Waals surface area contributed by atoms with Crippen molar-refractivity contribution in [2.75, 3.05) is 13.7 Å². The fourth-order valence-electron chi connectivity index (χ4n) is 1.56. The van der Waals surface area contributed by atoms with Crippen LogP contribution in [0.1, 0.15) is 16.8 Å². The Kier molecular flexibility index (Phi) is 3.62. The summed E-state index contributed by atoms with van der Waals surface area (Å²) in [6, 6.07) is 6.71. The molecule has 0 saturated carbocycles. The fourth-order valence-corrected chi connectivity index (χ4v) is 1.56. The van der Waals surface area contributed by atoms with E-state index < -0.39 is 11.9 Å². The van der Waals surface area contributed by atoms with Crippen molar-refractivity contribution in [3.63, 3.8) is 0 Å². The van der Waals surface area contributed by atoms with Gasteiger partial charge in [0.05, 0.1) is 19.3 Å². The van der Waals surface area contributed by atoms with E-state index in [9.17, 15) is 9.59 Å². The van der Waals surface area contributed by atoms with Crippen molar-refractivity contribution in [1.29, 1.82) is 0 Å². The molecule has 1 aliphatic rings. The van der Waals surface area contributed by atoms with Gasteiger partial charge in [0, 0.05) is 6.42 Å². The normalized spacial score (nSPS) is 16.5. The van der Waals surface area contributed by atoms with Crippen molar-refractivity contribution in [2.24, 2.45) is 0 Å². The molecule has 0 radical (unpaired) electrons. The summed E-state index contributed by atoms with van der Waals surface area (Å²) >= 11 is 0. The quantitative estimate of drug-likeness (QED) is 0.462. The lowest BCUT2D eigenvalue weighted by Crippen LogP contribution is -2.05. The van der Waals surface area contributed by atoms with Crippen molar-refractivity contribution in [1.82, 2.24) is 0 Å². The summed E-state index contributed by atoms with van der Waals surface area (Å²) in [5.74, 6) is -0.586. The first kappa shape index (κ1) is 12.2. The fraction of sp³-hybridized carbons (Fsp3) is 0.231. The van der Waals surface area contributed by atoms with Gasteiger partial charge in [0.15, 0.2) is 0 Å². The first-order chi connectivity index (χ1) is 8.72. The van der Waals surface area contributed by atoms with Gasteiger partial charge in [-0.3, -0.25) is 0 Å². The molecule has 1 aromatic carbocycles. The number of cyclic esters (lactones) is 1. The summed E-state index contributed by atoms with van der Waals surface area (Å²) in [5.41, 5.74) is 0.668. The molecule has 18 heavy (non-hydrogen) atoms. The molecule has 5 nitrogen and oxygen atoms in total. The molecule has 0 N–H and O–H groups in total. The van der Waals surface area contributed by atoms with Gasteiger partial charge in [-0.15, -0.1) is 0 Å². The zero-order valence-electron chi connectivity index (χ0n) is 9.84. The van der Waals surface area contributed by atoms with Crippen LogP contribution in [0.5, 0.6) is 5.75 Å². The van der Waals surface area contributed by atoms with E-state index in [2.05, 4.69) is 0 Å². The number of benzene rings is 1. The summed E-state index contributed by atoms with van der Waals surface area (Å²) in [6.45, 7) is 0.330. The van der Waals surface area contributed by atoms with Crippen molar-refractivity contribution in [3.8, 4) is 5.75 Å². The highest BCUT2D eigenvalue weighted by molar-refractivity contribution is 5.94. The summed E-state index contributed by atoms with van der Waals surface area (Å²) in [4.78, 5) is 22.9. The SMILES string of the molecule is COc1ccccc1C(=O)O/C=C1/CCOC1=O. The highest BCUT2D eigenvalue weighted by Crippen LogP contribution is 2.19. The molecular formula is C13H12O5. The summed E-state index contributed by atoms with van der Waals surface area (Å²) < 4.78 is 14.7. The molecule has 0 atom stereocenters. The Labute approximate surface area is 104 Å². The molecule has 0 amide bonds. The zero-order chi connectivity index (χ0) is 13.0. The predicted molar refractivity (Wildman–Crippen MR) is 62.1 cm³/mol. The van der Waals surface area contributed by atoms with Crippen LogP contribution >= 0.6 is 0 Å². The summed E-state index contributed by atoms with van der Waals surface area (Å²) in [5, 5.41) is 0. The van der Waals surface area contributed by atoms with E-state index in [1.54, 1.807) is 24.3 Å². The van der Waals surface area contributed by atoms with Gasteiger partial charge >= 0.3 is 11.9 Å². The number of esters is 2. The van der Waals surface area contributed by atoms with Gasteiger partial charge in [0.25, 0.3) is 0 Å². The third-order valence-electron chi connectivity index (χ3n) is 2.50. The third kappa shape index (κ3) is 2.51. The smallest absolute Gasteiger partial charge is 0.346 e. The molecule has 0 bridgehead atoms. The molecule has 0 aromatic heterocycles. The van der Waals surface area contributed by atoms with Gasteiger partial charge in [-0.25, -0.2) is 9.59 Å². The van der Waals surface area contributed by atoms with E-state index in [1.807, 2.05) is 0 Å². The second-order valence-corrected chi connectivity index (χ2v) is 3.63. The average Bonchev–Trinajstić information content (AvgIpc) is 2.81. The Morgan fingerprint density at radius 1 is 1.39 bits per heavy atom. The van der Waals surface area contributed by atoms with Gasteiger partial charge in [0.1, 0.15) is 17.6 Å². The van der Waals surface area contributed by atoms with Crippen LogP contribution in [-0.2, 0) is 14.3 Å². The number of hydrogen-bond acceptors (Lipinski definition) is 5. The largest absolute Gasteiger partial charge is 0.496 e. The number of hydrogen-bond donors (Lipinski definition) is 0. The third-order valence-corrected chi connectivity index (χ3v) is 2.50. The van der Waals surface area contributed by atoms with Crippen LogP contribution in [0.2, 0.25) is 0 Å². The number of ether oxygens (including phenoxy) is 3. The second-order valence-electron chi connectivity index (χ2n) is 3.63. The van der Waals surface area contributed by atoms with Crippen molar-refractivity contribution < 1.29 is 23.8 Å². The lowest BCUT2D eigenvalue weighted by molar-refractivity contribution is -0.135. The molecule has 1 heterocycles. The molecule has 2 rings (SSSR count). The van der Waals surface area contributed by atoms with Crippen LogP contribution in [0.25, 0.3) is 0 Å². The minimum Gasteiger partial charge on any atom is -0.496 e. The number of methoxy groups -OCH3 is 1. The van der Waals surface area contributed by atoms with E-state index in [4.69, 9.17) is 14.2 Å². The minimum atomic E-state index is -0.570. The van der Waals surface area contributed by atoms with Gasteiger partial charge in [-0.05, 0) is 12.1 Å². The maximum atomic E-state index is 11.8.